The van der Waals surface area contributed by atoms with E-state index in [2.05, 4.69) is 20.6 Å². The smallest absolute Gasteiger partial charge is 0.252 e. The third-order valence-corrected chi connectivity index (χ3v) is 5.78. The number of rotatable bonds is 6. The number of morpholine rings is 1. The minimum atomic E-state index is -0.863. The fourth-order valence-electron chi connectivity index (χ4n) is 4.03. The summed E-state index contributed by atoms with van der Waals surface area (Å²) in [5.41, 5.74) is 11.7. The number of nitrogens with two attached hydrogens (primary N) is 2. The summed E-state index contributed by atoms with van der Waals surface area (Å²) in [6, 6.07) is 2.01. The number of nitrogens with zero attached hydrogens (tertiary/aromatic N) is 3. The summed E-state index contributed by atoms with van der Waals surface area (Å²) < 4.78 is 34.6. The maximum atomic E-state index is 14.7. The molecule has 4 rings (SSSR count). The number of nitrogens with one attached hydrogen (secondary N) is 2. The molecule has 1 aliphatic carbocycles. The molecule has 2 fully saturated rings. The lowest BCUT2D eigenvalue weighted by molar-refractivity contribution is 0.100. The number of hydrogen-bond acceptors (Lipinski definition) is 8. The van der Waals surface area contributed by atoms with E-state index in [4.69, 9.17) is 16.2 Å². The maximum absolute atomic E-state index is 14.7. The number of hydrogen-bond donors (Lipinski definition) is 4. The van der Waals surface area contributed by atoms with Crippen LogP contribution in [0.5, 0.6) is 0 Å². The van der Waals surface area contributed by atoms with Crippen LogP contribution in [0.1, 0.15) is 36.0 Å². The van der Waals surface area contributed by atoms with E-state index in [0.717, 1.165) is 31.7 Å². The lowest BCUT2D eigenvalue weighted by Crippen LogP contribution is -2.43. The molecular weight excluding hydrogens is 420 g/mol. The maximum Gasteiger partial charge on any atom is 0.252 e. The predicted octanol–water partition coefficient (Wildman–Crippen LogP) is 2.12. The summed E-state index contributed by atoms with van der Waals surface area (Å²) in [6.07, 6.45) is 5.07. The molecule has 2 aromatic heterocycles. The zero-order chi connectivity index (χ0) is 22.7. The minimum Gasteiger partial charge on any atom is -0.378 e. The van der Waals surface area contributed by atoms with Crippen LogP contribution in [0, 0.1) is 11.6 Å². The lowest BCUT2D eigenvalue weighted by atomic mass is 9.91. The van der Waals surface area contributed by atoms with Gasteiger partial charge in [0.05, 0.1) is 30.7 Å². The van der Waals surface area contributed by atoms with Gasteiger partial charge in [-0.1, -0.05) is 12.8 Å². The summed E-state index contributed by atoms with van der Waals surface area (Å²) in [5, 5.41) is 5.89. The van der Waals surface area contributed by atoms with Gasteiger partial charge in [-0.25, -0.2) is 18.7 Å². The van der Waals surface area contributed by atoms with E-state index in [1.807, 2.05) is 0 Å². The minimum absolute atomic E-state index is 0.00565. The van der Waals surface area contributed by atoms with Crippen molar-refractivity contribution in [3.63, 3.8) is 0 Å². The van der Waals surface area contributed by atoms with Gasteiger partial charge in [-0.2, -0.15) is 0 Å². The summed E-state index contributed by atoms with van der Waals surface area (Å²) in [7, 11) is 0. The van der Waals surface area contributed by atoms with Crippen molar-refractivity contribution in [1.82, 2.24) is 9.97 Å². The Morgan fingerprint density at radius 1 is 1.12 bits per heavy atom. The molecule has 0 bridgehead atoms. The zero-order valence-corrected chi connectivity index (χ0v) is 17.6. The quantitative estimate of drug-likeness (QED) is 0.530. The molecule has 2 aliphatic rings. The Kier molecular flexibility index (Phi) is 6.66. The van der Waals surface area contributed by atoms with Gasteiger partial charge in [-0.3, -0.25) is 4.79 Å². The van der Waals surface area contributed by atoms with Gasteiger partial charge in [0.15, 0.2) is 23.3 Å². The van der Waals surface area contributed by atoms with E-state index >= 15 is 0 Å². The van der Waals surface area contributed by atoms with Crippen LogP contribution >= 0.6 is 0 Å². The van der Waals surface area contributed by atoms with E-state index in [9.17, 15) is 13.6 Å². The molecule has 0 aromatic carbocycles. The molecule has 9 nitrogen and oxygen atoms in total. The summed E-state index contributed by atoms with van der Waals surface area (Å²) in [6.45, 7) is 2.09. The molecule has 6 N–H and O–H groups in total. The standard InChI is InChI=1S/C21H27F2N7O2/c22-14-10-13(18(25)31)19(29-20(14)28-17-4-2-1-3-16(17)24)27-12-9-15(23)21(26-11-12)30-5-7-32-8-6-30/h9-11,16-17H,1-8,24H2,(H2,25,31)(H2,27,28,29)/t16-,17?/m0/s1. The van der Waals surface area contributed by atoms with E-state index in [-0.39, 0.29) is 40.8 Å². The van der Waals surface area contributed by atoms with Crippen molar-refractivity contribution in [3.05, 3.63) is 35.5 Å². The first-order chi connectivity index (χ1) is 15.4. The summed E-state index contributed by atoms with van der Waals surface area (Å²) >= 11 is 0. The highest BCUT2D eigenvalue weighted by atomic mass is 19.1. The number of amides is 1. The van der Waals surface area contributed by atoms with Gasteiger partial charge in [0.1, 0.15) is 5.82 Å². The van der Waals surface area contributed by atoms with Crippen LogP contribution in [0.2, 0.25) is 0 Å². The Balaban J connectivity index is 1.59. The third-order valence-electron chi connectivity index (χ3n) is 5.78. The van der Waals surface area contributed by atoms with Crippen molar-refractivity contribution in [2.75, 3.05) is 41.8 Å². The largest absolute Gasteiger partial charge is 0.378 e. The van der Waals surface area contributed by atoms with Gasteiger partial charge >= 0.3 is 0 Å². The first kappa shape index (κ1) is 22.2. The number of primary amides is 1. The predicted molar refractivity (Wildman–Crippen MR) is 117 cm³/mol. The van der Waals surface area contributed by atoms with Crippen LogP contribution < -0.4 is 27.0 Å². The second kappa shape index (κ2) is 9.61. The van der Waals surface area contributed by atoms with Crippen molar-refractivity contribution in [2.45, 2.75) is 37.8 Å². The number of pyridine rings is 2. The molecule has 172 valence electrons. The van der Waals surface area contributed by atoms with E-state index in [1.54, 1.807) is 4.90 Å². The highest BCUT2D eigenvalue weighted by Crippen LogP contribution is 2.28. The third kappa shape index (κ3) is 4.89. The monoisotopic (exact) mass is 447 g/mol. The Bertz CT molecular complexity index is 985. The Labute approximate surface area is 184 Å². The molecule has 1 saturated carbocycles. The van der Waals surface area contributed by atoms with Crippen LogP contribution in [-0.4, -0.2) is 54.3 Å². The lowest BCUT2D eigenvalue weighted by Gasteiger charge is -2.30. The molecule has 1 saturated heterocycles. The first-order valence-electron chi connectivity index (χ1n) is 10.7. The molecule has 0 spiro atoms. The second-order valence-corrected chi connectivity index (χ2v) is 8.03. The molecule has 1 amide bonds. The molecule has 2 aromatic rings. The fourth-order valence-corrected chi connectivity index (χ4v) is 4.03. The number of carbonyl (C=O) groups excluding carboxylic acids is 1. The average Bonchev–Trinajstić information content (AvgIpc) is 2.78. The van der Waals surface area contributed by atoms with Crippen LogP contribution in [-0.2, 0) is 4.74 Å². The molecule has 2 atom stereocenters. The Hall–Kier alpha value is -3.05. The van der Waals surface area contributed by atoms with Crippen LogP contribution in [0.25, 0.3) is 0 Å². The molecule has 1 unspecified atom stereocenters. The highest BCUT2D eigenvalue weighted by molar-refractivity contribution is 5.98. The number of anilines is 4. The molecule has 32 heavy (non-hydrogen) atoms. The van der Waals surface area contributed by atoms with Crippen molar-refractivity contribution in [2.24, 2.45) is 11.5 Å². The number of halogens is 2. The van der Waals surface area contributed by atoms with Crippen LogP contribution in [0.3, 0.4) is 0 Å². The van der Waals surface area contributed by atoms with E-state index < -0.39 is 17.5 Å². The van der Waals surface area contributed by atoms with Crippen LogP contribution in [0.15, 0.2) is 18.3 Å². The second-order valence-electron chi connectivity index (χ2n) is 8.03. The topological polar surface area (TPSA) is 131 Å². The van der Waals surface area contributed by atoms with Gasteiger partial charge in [0, 0.05) is 31.2 Å². The van der Waals surface area contributed by atoms with Crippen molar-refractivity contribution < 1.29 is 18.3 Å². The van der Waals surface area contributed by atoms with Gasteiger partial charge < -0.3 is 31.7 Å². The van der Waals surface area contributed by atoms with Gasteiger partial charge in [-0.05, 0) is 18.9 Å². The number of aromatic nitrogens is 2. The first-order valence-corrected chi connectivity index (χ1v) is 10.7. The average molecular weight is 447 g/mol. The highest BCUT2D eigenvalue weighted by Gasteiger charge is 2.25. The Morgan fingerprint density at radius 2 is 1.88 bits per heavy atom. The molecule has 1 aliphatic heterocycles. The zero-order valence-electron chi connectivity index (χ0n) is 17.6. The normalized spacial score (nSPS) is 21.3. The van der Waals surface area contributed by atoms with Crippen LogP contribution in [0.4, 0.5) is 31.9 Å². The summed E-state index contributed by atoms with van der Waals surface area (Å²) in [5.74, 6) is -1.93. The van der Waals surface area contributed by atoms with Gasteiger partial charge in [0.2, 0.25) is 0 Å². The molecule has 11 heteroatoms. The SMILES string of the molecule is NC(=O)c1cc(F)c(NC2CCCC[C@@H]2N)nc1Nc1cnc(N2CCOCC2)c(F)c1. The van der Waals surface area contributed by atoms with E-state index in [0.29, 0.717) is 26.3 Å². The molecule has 3 heterocycles. The molecule has 0 radical (unpaired) electrons. The number of carbonyl (C=O) groups is 1. The summed E-state index contributed by atoms with van der Waals surface area (Å²) in [4.78, 5) is 22.1. The fraction of sp³-hybridized carbons (Fsp3) is 0.476. The van der Waals surface area contributed by atoms with Crippen molar-refractivity contribution >= 4 is 29.0 Å². The Morgan fingerprint density at radius 3 is 2.56 bits per heavy atom. The van der Waals surface area contributed by atoms with Gasteiger partial charge in [-0.15, -0.1) is 0 Å². The van der Waals surface area contributed by atoms with E-state index in [1.165, 1.54) is 12.3 Å². The van der Waals surface area contributed by atoms with Crippen molar-refractivity contribution in [1.29, 1.82) is 0 Å². The number of ether oxygens (including phenoxy) is 1. The van der Waals surface area contributed by atoms with Gasteiger partial charge in [0.25, 0.3) is 5.91 Å². The molecular formula is C21H27F2N7O2. The van der Waals surface area contributed by atoms with Crippen molar-refractivity contribution in [3.8, 4) is 0 Å².